The number of amides is 3. The summed E-state index contributed by atoms with van der Waals surface area (Å²) in [5.41, 5.74) is 0.571. The van der Waals surface area contributed by atoms with E-state index in [0.29, 0.717) is 30.4 Å². The van der Waals surface area contributed by atoms with Gasteiger partial charge in [0, 0.05) is 11.3 Å². The lowest BCUT2D eigenvalue weighted by Crippen LogP contribution is -2.34. The van der Waals surface area contributed by atoms with Crippen LogP contribution in [0.4, 0.5) is 10.5 Å². The molecule has 2 aromatic carbocycles. The molecule has 152 valence electrons. The Morgan fingerprint density at radius 3 is 2.55 bits per heavy atom. The van der Waals surface area contributed by atoms with Crippen LogP contribution in [0.2, 0.25) is 5.02 Å². The fourth-order valence-corrected chi connectivity index (χ4v) is 2.65. The highest BCUT2D eigenvalue weighted by atomic mass is 35.5. The Morgan fingerprint density at radius 2 is 1.83 bits per heavy atom. The summed E-state index contributed by atoms with van der Waals surface area (Å²) in [4.78, 5) is 35.5. The number of hydrogen-bond acceptors (Lipinski definition) is 7. The van der Waals surface area contributed by atoms with E-state index in [-0.39, 0.29) is 22.9 Å². The average Bonchev–Trinajstić information content (AvgIpc) is 2.72. The van der Waals surface area contributed by atoms with E-state index in [1.807, 2.05) is 0 Å². The zero-order valence-electron chi connectivity index (χ0n) is 15.3. The average molecular weight is 421 g/mol. The van der Waals surface area contributed by atoms with Gasteiger partial charge in [-0.05, 0) is 36.4 Å². The van der Waals surface area contributed by atoms with Crippen LogP contribution in [-0.2, 0) is 9.53 Å². The Labute approximate surface area is 170 Å². The number of fused-ring (bicyclic) bond motifs is 1. The third-order valence-electron chi connectivity index (χ3n) is 3.79. The molecule has 10 heteroatoms. The molecule has 0 unspecified atom stereocenters. The molecule has 2 N–H and O–H groups in total. The predicted octanol–water partition coefficient (Wildman–Crippen LogP) is 2.62. The lowest BCUT2D eigenvalue weighted by atomic mass is 10.2. The van der Waals surface area contributed by atoms with Crippen LogP contribution in [0.5, 0.6) is 17.2 Å². The summed E-state index contributed by atoms with van der Waals surface area (Å²) in [6.45, 7) is 0.530. The number of esters is 1. The molecule has 0 atom stereocenters. The number of carbonyl (C=O) groups is 3. The molecule has 0 aromatic heterocycles. The largest absolute Gasteiger partial charge is 0.486 e. The Kier molecular flexibility index (Phi) is 6.40. The van der Waals surface area contributed by atoms with E-state index in [1.165, 1.54) is 37.4 Å². The van der Waals surface area contributed by atoms with Crippen LogP contribution in [0, 0.1) is 0 Å². The number of halogens is 1. The SMILES string of the molecule is COC(=O)COc1ccc(NC(=O)NC(=O)c2ccc3c(c2)OCCO3)cc1Cl. The van der Waals surface area contributed by atoms with Crippen molar-refractivity contribution in [2.45, 2.75) is 0 Å². The molecule has 9 nitrogen and oxygen atoms in total. The quantitative estimate of drug-likeness (QED) is 0.715. The standard InChI is InChI=1S/C19H17ClN2O7/c1-26-17(23)10-29-14-5-3-12(9-13(14)20)21-19(25)22-18(24)11-2-4-15-16(8-11)28-7-6-27-15/h2-5,8-9H,6-7,10H2,1H3,(H2,21,22,24,25). The number of hydrogen-bond donors (Lipinski definition) is 2. The van der Waals surface area contributed by atoms with Crippen molar-refractivity contribution in [3.05, 3.63) is 47.0 Å². The fourth-order valence-electron chi connectivity index (χ4n) is 2.41. The summed E-state index contributed by atoms with van der Waals surface area (Å²) >= 11 is 6.07. The number of anilines is 1. The lowest BCUT2D eigenvalue weighted by Gasteiger charge is -2.18. The zero-order chi connectivity index (χ0) is 20.8. The van der Waals surface area contributed by atoms with Crippen LogP contribution in [0.1, 0.15) is 10.4 Å². The summed E-state index contributed by atoms with van der Waals surface area (Å²) in [6.07, 6.45) is 0. The highest BCUT2D eigenvalue weighted by Gasteiger charge is 2.17. The van der Waals surface area contributed by atoms with Gasteiger partial charge in [-0.2, -0.15) is 0 Å². The molecule has 1 aliphatic heterocycles. The third kappa shape index (κ3) is 5.29. The van der Waals surface area contributed by atoms with E-state index in [9.17, 15) is 14.4 Å². The molecule has 29 heavy (non-hydrogen) atoms. The first-order chi connectivity index (χ1) is 14.0. The Bertz CT molecular complexity index is 948. The Morgan fingerprint density at radius 1 is 1.07 bits per heavy atom. The minimum atomic E-state index is -0.746. The molecule has 0 radical (unpaired) electrons. The van der Waals surface area contributed by atoms with E-state index >= 15 is 0 Å². The number of ether oxygens (including phenoxy) is 4. The van der Waals surface area contributed by atoms with E-state index in [1.54, 1.807) is 6.07 Å². The monoisotopic (exact) mass is 420 g/mol. The van der Waals surface area contributed by atoms with Gasteiger partial charge in [-0.15, -0.1) is 0 Å². The van der Waals surface area contributed by atoms with Gasteiger partial charge >= 0.3 is 12.0 Å². The van der Waals surface area contributed by atoms with Gasteiger partial charge in [-0.3, -0.25) is 10.1 Å². The van der Waals surface area contributed by atoms with Gasteiger partial charge in [-0.25, -0.2) is 9.59 Å². The minimum absolute atomic E-state index is 0.171. The third-order valence-corrected chi connectivity index (χ3v) is 4.09. The molecule has 3 amide bonds. The number of nitrogens with one attached hydrogen (secondary N) is 2. The fraction of sp³-hybridized carbons (Fsp3) is 0.211. The van der Waals surface area contributed by atoms with E-state index in [2.05, 4.69) is 15.4 Å². The molecule has 0 bridgehead atoms. The van der Waals surface area contributed by atoms with Crippen molar-refractivity contribution in [2.75, 3.05) is 32.2 Å². The van der Waals surface area contributed by atoms with Gasteiger partial charge in [-0.1, -0.05) is 11.6 Å². The molecule has 0 spiro atoms. The molecule has 2 aromatic rings. The summed E-state index contributed by atoms with van der Waals surface area (Å²) in [7, 11) is 1.24. The van der Waals surface area contributed by atoms with Gasteiger partial charge in [0.25, 0.3) is 5.91 Å². The maximum absolute atomic E-state index is 12.3. The van der Waals surface area contributed by atoms with Crippen LogP contribution in [0.25, 0.3) is 0 Å². The maximum Gasteiger partial charge on any atom is 0.343 e. The van der Waals surface area contributed by atoms with Gasteiger partial charge < -0.3 is 24.3 Å². The van der Waals surface area contributed by atoms with Crippen molar-refractivity contribution >= 4 is 35.2 Å². The number of imide groups is 1. The number of urea groups is 1. The second-order valence-electron chi connectivity index (χ2n) is 5.78. The Balaban J connectivity index is 1.58. The minimum Gasteiger partial charge on any atom is -0.486 e. The molecule has 0 saturated heterocycles. The normalized spacial score (nSPS) is 11.9. The molecule has 0 fully saturated rings. The molecule has 0 saturated carbocycles. The second-order valence-corrected chi connectivity index (χ2v) is 6.18. The predicted molar refractivity (Wildman–Crippen MR) is 103 cm³/mol. The Hall–Kier alpha value is -3.46. The molecule has 3 rings (SSSR count). The molecule has 1 aliphatic rings. The van der Waals surface area contributed by atoms with Crippen molar-refractivity contribution in [2.24, 2.45) is 0 Å². The molecule has 1 heterocycles. The van der Waals surface area contributed by atoms with E-state index < -0.39 is 17.9 Å². The van der Waals surface area contributed by atoms with Gasteiger partial charge in [0.15, 0.2) is 18.1 Å². The van der Waals surface area contributed by atoms with Gasteiger partial charge in [0.05, 0.1) is 12.1 Å². The molecular formula is C19H17ClN2O7. The zero-order valence-corrected chi connectivity index (χ0v) is 16.1. The highest BCUT2D eigenvalue weighted by Crippen LogP contribution is 2.31. The highest BCUT2D eigenvalue weighted by molar-refractivity contribution is 6.32. The summed E-state index contributed by atoms with van der Waals surface area (Å²) in [6, 6.07) is 8.29. The lowest BCUT2D eigenvalue weighted by molar-refractivity contribution is -0.142. The van der Waals surface area contributed by atoms with Gasteiger partial charge in [0.1, 0.15) is 19.0 Å². The summed E-state index contributed by atoms with van der Waals surface area (Å²) < 4.78 is 20.5. The van der Waals surface area contributed by atoms with Gasteiger partial charge in [0.2, 0.25) is 0 Å². The van der Waals surface area contributed by atoms with E-state index in [4.69, 9.17) is 25.8 Å². The van der Waals surface area contributed by atoms with Crippen molar-refractivity contribution < 1.29 is 33.3 Å². The van der Waals surface area contributed by atoms with Crippen LogP contribution >= 0.6 is 11.6 Å². The van der Waals surface area contributed by atoms with E-state index in [0.717, 1.165) is 0 Å². The second kappa shape index (κ2) is 9.16. The number of rotatable bonds is 5. The first-order valence-electron chi connectivity index (χ1n) is 8.47. The van der Waals surface area contributed by atoms with Crippen LogP contribution in [0.3, 0.4) is 0 Å². The summed E-state index contributed by atoms with van der Waals surface area (Å²) in [5.74, 6) is 0.0688. The summed E-state index contributed by atoms with van der Waals surface area (Å²) in [5, 5.41) is 4.87. The first-order valence-corrected chi connectivity index (χ1v) is 8.85. The number of carbonyl (C=O) groups excluding carboxylic acids is 3. The number of methoxy groups -OCH3 is 1. The van der Waals surface area contributed by atoms with Crippen molar-refractivity contribution in [1.82, 2.24) is 5.32 Å². The van der Waals surface area contributed by atoms with Crippen LogP contribution in [-0.4, -0.2) is 44.8 Å². The number of benzene rings is 2. The van der Waals surface area contributed by atoms with Crippen molar-refractivity contribution in [3.8, 4) is 17.2 Å². The topological polar surface area (TPSA) is 112 Å². The van der Waals surface area contributed by atoms with Crippen LogP contribution in [0.15, 0.2) is 36.4 Å². The van der Waals surface area contributed by atoms with Crippen LogP contribution < -0.4 is 24.8 Å². The van der Waals surface area contributed by atoms with Crippen molar-refractivity contribution in [3.63, 3.8) is 0 Å². The molecular weight excluding hydrogens is 404 g/mol. The maximum atomic E-state index is 12.3. The molecule has 0 aliphatic carbocycles. The smallest absolute Gasteiger partial charge is 0.343 e. The first kappa shape index (κ1) is 20.3. The van der Waals surface area contributed by atoms with Crippen molar-refractivity contribution in [1.29, 1.82) is 0 Å².